The summed E-state index contributed by atoms with van der Waals surface area (Å²) in [6.45, 7) is 2.31. The van der Waals surface area contributed by atoms with E-state index < -0.39 is 16.1 Å². The monoisotopic (exact) mass is 444 g/mol. The number of rotatable bonds is 9. The Morgan fingerprint density at radius 1 is 1.06 bits per heavy atom. The SMILES string of the molecule is COC(=O)CCCCCNC(=O)C1Cc2ccccc2N1S(=O)(=O)c1ccc(C)cc1. The highest BCUT2D eigenvalue weighted by Gasteiger charge is 2.42. The van der Waals surface area contributed by atoms with Crippen molar-refractivity contribution in [2.75, 3.05) is 18.0 Å². The molecule has 7 nitrogen and oxygen atoms in total. The van der Waals surface area contributed by atoms with Gasteiger partial charge in [0, 0.05) is 19.4 Å². The van der Waals surface area contributed by atoms with Gasteiger partial charge in [0.1, 0.15) is 6.04 Å². The summed E-state index contributed by atoms with van der Waals surface area (Å²) in [6.07, 6.45) is 2.84. The largest absolute Gasteiger partial charge is 0.469 e. The van der Waals surface area contributed by atoms with Gasteiger partial charge in [-0.1, -0.05) is 42.3 Å². The summed E-state index contributed by atoms with van der Waals surface area (Å²) in [4.78, 5) is 24.3. The summed E-state index contributed by atoms with van der Waals surface area (Å²) in [7, 11) is -2.53. The number of esters is 1. The van der Waals surface area contributed by atoms with Gasteiger partial charge in [0.2, 0.25) is 5.91 Å². The van der Waals surface area contributed by atoms with Crippen molar-refractivity contribution in [3.63, 3.8) is 0 Å². The second-order valence-corrected chi connectivity index (χ2v) is 9.46. The Bertz CT molecular complexity index is 1030. The molecule has 2 aromatic carbocycles. The van der Waals surface area contributed by atoms with Crippen LogP contribution in [0.1, 0.15) is 36.8 Å². The predicted octanol–water partition coefficient (Wildman–Crippen LogP) is 2.96. The van der Waals surface area contributed by atoms with Gasteiger partial charge in [-0.2, -0.15) is 0 Å². The van der Waals surface area contributed by atoms with E-state index in [0.717, 1.165) is 17.5 Å². The molecule has 0 aromatic heterocycles. The molecule has 0 radical (unpaired) electrons. The molecule has 0 saturated carbocycles. The molecule has 1 aliphatic rings. The van der Waals surface area contributed by atoms with Crippen molar-refractivity contribution in [2.24, 2.45) is 0 Å². The first kappa shape index (κ1) is 22.8. The molecule has 1 unspecified atom stereocenters. The number of methoxy groups -OCH3 is 1. The lowest BCUT2D eigenvalue weighted by Crippen LogP contribution is -2.48. The van der Waals surface area contributed by atoms with Crippen LogP contribution in [0.3, 0.4) is 0 Å². The number of anilines is 1. The molecule has 166 valence electrons. The molecule has 0 aliphatic carbocycles. The number of hydrogen-bond donors (Lipinski definition) is 1. The fraction of sp³-hybridized carbons (Fsp3) is 0.391. The highest BCUT2D eigenvalue weighted by Crippen LogP contribution is 2.36. The third kappa shape index (κ3) is 5.25. The number of benzene rings is 2. The number of aryl methyl sites for hydroxylation is 1. The van der Waals surface area contributed by atoms with Crippen LogP contribution < -0.4 is 9.62 Å². The van der Waals surface area contributed by atoms with Crippen molar-refractivity contribution in [2.45, 2.75) is 50.0 Å². The van der Waals surface area contributed by atoms with Crippen molar-refractivity contribution >= 4 is 27.6 Å². The zero-order valence-electron chi connectivity index (χ0n) is 17.8. The van der Waals surface area contributed by atoms with E-state index in [2.05, 4.69) is 10.1 Å². The van der Waals surface area contributed by atoms with Gasteiger partial charge in [0.15, 0.2) is 0 Å². The molecular weight excluding hydrogens is 416 g/mol. The number of carbonyl (C=O) groups excluding carboxylic acids is 2. The molecule has 1 N–H and O–H groups in total. The average molecular weight is 445 g/mol. The second kappa shape index (κ2) is 9.96. The van der Waals surface area contributed by atoms with Crippen LogP contribution in [0.15, 0.2) is 53.4 Å². The third-order valence-corrected chi connectivity index (χ3v) is 7.23. The lowest BCUT2D eigenvalue weighted by atomic mass is 10.1. The van der Waals surface area contributed by atoms with Gasteiger partial charge < -0.3 is 10.1 Å². The first-order chi connectivity index (χ1) is 14.8. The zero-order valence-corrected chi connectivity index (χ0v) is 18.7. The van der Waals surface area contributed by atoms with E-state index >= 15 is 0 Å². The first-order valence-electron chi connectivity index (χ1n) is 10.4. The molecule has 0 saturated heterocycles. The Morgan fingerprint density at radius 2 is 1.77 bits per heavy atom. The van der Waals surface area contributed by atoms with Gasteiger partial charge >= 0.3 is 5.97 Å². The van der Waals surface area contributed by atoms with Gasteiger partial charge in [-0.15, -0.1) is 0 Å². The maximum absolute atomic E-state index is 13.4. The maximum Gasteiger partial charge on any atom is 0.305 e. The number of nitrogens with zero attached hydrogens (tertiary/aromatic N) is 1. The van der Waals surface area contributed by atoms with E-state index in [-0.39, 0.29) is 16.8 Å². The highest BCUT2D eigenvalue weighted by atomic mass is 32.2. The quantitative estimate of drug-likeness (QED) is 0.474. The number of carbonyl (C=O) groups is 2. The molecule has 31 heavy (non-hydrogen) atoms. The van der Waals surface area contributed by atoms with E-state index in [1.807, 2.05) is 19.1 Å². The van der Waals surface area contributed by atoms with Gasteiger partial charge in [-0.05, 0) is 43.5 Å². The summed E-state index contributed by atoms with van der Waals surface area (Å²) < 4.78 is 32.7. The Hall–Kier alpha value is -2.87. The predicted molar refractivity (Wildman–Crippen MR) is 118 cm³/mol. The minimum atomic E-state index is -3.89. The van der Waals surface area contributed by atoms with Gasteiger partial charge in [0.25, 0.3) is 10.0 Å². The van der Waals surface area contributed by atoms with Gasteiger partial charge in [-0.25, -0.2) is 8.42 Å². The number of nitrogens with one attached hydrogen (secondary N) is 1. The summed E-state index contributed by atoms with van der Waals surface area (Å²) in [6, 6.07) is 13.0. The number of ether oxygens (including phenoxy) is 1. The molecule has 0 spiro atoms. The number of fused-ring (bicyclic) bond motifs is 1. The second-order valence-electron chi connectivity index (χ2n) is 7.64. The zero-order chi connectivity index (χ0) is 22.4. The minimum absolute atomic E-state index is 0.162. The van der Waals surface area contributed by atoms with Crippen molar-refractivity contribution in [1.29, 1.82) is 0 Å². The normalized spacial score (nSPS) is 15.4. The van der Waals surface area contributed by atoms with Crippen molar-refractivity contribution in [1.82, 2.24) is 5.32 Å². The molecule has 0 bridgehead atoms. The van der Waals surface area contributed by atoms with Gasteiger partial charge in [-0.3, -0.25) is 13.9 Å². The van der Waals surface area contributed by atoms with Crippen molar-refractivity contribution < 1.29 is 22.7 Å². The van der Waals surface area contributed by atoms with Crippen LogP contribution in [0, 0.1) is 6.92 Å². The Labute approximate surface area is 183 Å². The summed E-state index contributed by atoms with van der Waals surface area (Å²) in [5.74, 6) is -0.565. The van der Waals surface area contributed by atoms with Crippen LogP contribution in [-0.2, 0) is 30.8 Å². The molecule has 8 heteroatoms. The number of amides is 1. The topological polar surface area (TPSA) is 92.8 Å². The maximum atomic E-state index is 13.4. The molecule has 0 fully saturated rings. The standard InChI is InChI=1S/C23H28N2O5S/c1-17-11-13-19(14-12-17)31(28,29)25-20-9-6-5-8-18(20)16-21(25)23(27)24-15-7-3-4-10-22(26)30-2/h5-6,8-9,11-14,21H,3-4,7,10,15-16H2,1-2H3,(H,24,27). The molecule has 3 rings (SSSR count). The Balaban J connectivity index is 1.71. The van der Waals surface area contributed by atoms with Crippen LogP contribution in [0.4, 0.5) is 5.69 Å². The lowest BCUT2D eigenvalue weighted by molar-refractivity contribution is -0.140. The smallest absolute Gasteiger partial charge is 0.305 e. The average Bonchev–Trinajstić information content (AvgIpc) is 3.16. The van der Waals surface area contributed by atoms with Crippen LogP contribution >= 0.6 is 0 Å². The van der Waals surface area contributed by atoms with E-state index in [1.54, 1.807) is 36.4 Å². The molecule has 1 heterocycles. The van der Waals surface area contributed by atoms with E-state index in [9.17, 15) is 18.0 Å². The van der Waals surface area contributed by atoms with Crippen molar-refractivity contribution in [3.05, 3.63) is 59.7 Å². The Morgan fingerprint density at radius 3 is 2.48 bits per heavy atom. The summed E-state index contributed by atoms with van der Waals surface area (Å²) in [5, 5.41) is 2.86. The van der Waals surface area contributed by atoms with Crippen LogP contribution in [0.2, 0.25) is 0 Å². The van der Waals surface area contributed by atoms with E-state index in [4.69, 9.17) is 0 Å². The number of para-hydroxylation sites is 1. The molecule has 1 amide bonds. The number of unbranched alkanes of at least 4 members (excludes halogenated alkanes) is 2. The summed E-state index contributed by atoms with van der Waals surface area (Å²) in [5.41, 5.74) is 2.33. The minimum Gasteiger partial charge on any atom is -0.469 e. The number of hydrogen-bond acceptors (Lipinski definition) is 5. The first-order valence-corrected chi connectivity index (χ1v) is 11.8. The third-order valence-electron chi connectivity index (χ3n) is 5.39. The van der Waals surface area contributed by atoms with Crippen LogP contribution in [0.25, 0.3) is 0 Å². The fourth-order valence-corrected chi connectivity index (χ4v) is 5.33. The lowest BCUT2D eigenvalue weighted by Gasteiger charge is -2.26. The van der Waals surface area contributed by atoms with E-state index in [1.165, 1.54) is 11.4 Å². The van der Waals surface area contributed by atoms with Crippen LogP contribution in [0.5, 0.6) is 0 Å². The van der Waals surface area contributed by atoms with Crippen LogP contribution in [-0.4, -0.2) is 40.0 Å². The van der Waals surface area contributed by atoms with Crippen molar-refractivity contribution in [3.8, 4) is 0 Å². The van der Waals surface area contributed by atoms with Gasteiger partial charge in [0.05, 0.1) is 17.7 Å². The summed E-state index contributed by atoms with van der Waals surface area (Å²) >= 11 is 0. The number of sulfonamides is 1. The molecular formula is C23H28N2O5S. The highest BCUT2D eigenvalue weighted by molar-refractivity contribution is 7.93. The molecule has 2 aromatic rings. The fourth-order valence-electron chi connectivity index (χ4n) is 3.68. The van der Waals surface area contributed by atoms with E-state index in [0.29, 0.717) is 37.9 Å². The Kier molecular flexibility index (Phi) is 7.33. The molecule has 1 aliphatic heterocycles. The molecule has 1 atom stereocenters.